The van der Waals surface area contributed by atoms with Gasteiger partial charge in [-0.3, -0.25) is 0 Å². The Labute approximate surface area is 300 Å². The highest BCUT2D eigenvalue weighted by atomic mass is 16.7. The number of ether oxygens (including phenoxy) is 6. The fourth-order valence-electron chi connectivity index (χ4n) is 8.54. The van der Waals surface area contributed by atoms with Gasteiger partial charge in [-0.15, -0.1) is 0 Å². The molecule has 0 radical (unpaired) electrons. The minimum absolute atomic E-state index is 0.00274. The summed E-state index contributed by atoms with van der Waals surface area (Å²) in [6.45, 7) is 8.99. The molecule has 2 saturated heterocycles. The van der Waals surface area contributed by atoms with Crippen molar-refractivity contribution >= 4 is 5.97 Å². The van der Waals surface area contributed by atoms with Gasteiger partial charge in [0, 0.05) is 19.1 Å². The first-order valence-electron chi connectivity index (χ1n) is 19.3. The van der Waals surface area contributed by atoms with Gasteiger partial charge in [-0.2, -0.15) is 0 Å². The Morgan fingerprint density at radius 2 is 1.74 bits per heavy atom. The average Bonchev–Trinajstić information content (AvgIpc) is 3.66. The van der Waals surface area contributed by atoms with Crippen LogP contribution in [0.4, 0.5) is 0 Å². The highest BCUT2D eigenvalue weighted by Crippen LogP contribution is 2.54. The van der Waals surface area contributed by atoms with Crippen molar-refractivity contribution in [1.82, 2.24) is 0 Å². The van der Waals surface area contributed by atoms with E-state index in [0.29, 0.717) is 43.5 Å². The van der Waals surface area contributed by atoms with Crippen LogP contribution in [-0.4, -0.2) is 68.9 Å². The van der Waals surface area contributed by atoms with Gasteiger partial charge >= 0.3 is 5.97 Å². The van der Waals surface area contributed by atoms with Gasteiger partial charge in [-0.05, 0) is 121 Å². The largest absolute Gasteiger partial charge is 0.480 e. The van der Waals surface area contributed by atoms with Crippen LogP contribution in [-0.2, 0) is 39.8 Å². The summed E-state index contributed by atoms with van der Waals surface area (Å²) in [5, 5.41) is 9.30. The maximum Gasteiger partial charge on any atom is 0.329 e. The lowest BCUT2D eigenvalue weighted by molar-refractivity contribution is -0.202. The van der Waals surface area contributed by atoms with Gasteiger partial charge in [0.15, 0.2) is 12.6 Å². The molecular weight excluding hydrogens is 632 g/mol. The predicted octanol–water partition coefficient (Wildman–Crippen LogP) is 8.66. The molecule has 1 N–H and O–H groups in total. The zero-order chi connectivity index (χ0) is 35.1. The molecule has 3 fully saturated rings. The van der Waals surface area contributed by atoms with Crippen LogP contribution in [0.2, 0.25) is 0 Å². The average molecular weight is 695 g/mol. The van der Waals surface area contributed by atoms with E-state index in [1.54, 1.807) is 0 Å². The molecule has 0 spiro atoms. The Morgan fingerprint density at radius 3 is 2.42 bits per heavy atom. The summed E-state index contributed by atoms with van der Waals surface area (Å²) in [7, 11) is 0. The molecule has 278 valence electrons. The summed E-state index contributed by atoms with van der Waals surface area (Å²) in [4.78, 5) is 11.3. The standard InChI is InChI=1S/C42H62O8/c1-4-13-36(49-40-18-8-10-20-47-40)23-32(17-12-14-30(2)3)42-37-24-33(22-34(37)25-38(42)50-41-19-9-11-21-48-41)35(28-46-29-39(43)44)27-45-26-31-15-6-5-7-16-31/h4-7,13-16,24,32,34-38,40-42H,8-12,17-23,25-29H2,1-3H3,(H,43,44). The Kier molecular flexibility index (Phi) is 16.1. The predicted molar refractivity (Wildman–Crippen MR) is 194 cm³/mol. The monoisotopic (exact) mass is 694 g/mol. The van der Waals surface area contributed by atoms with Crippen LogP contribution in [0.3, 0.4) is 0 Å². The molecule has 8 heteroatoms. The molecule has 2 heterocycles. The molecule has 9 atom stereocenters. The first-order chi connectivity index (χ1) is 24.4. The van der Waals surface area contributed by atoms with Crippen LogP contribution in [0.1, 0.15) is 97.0 Å². The number of fused-ring (bicyclic) bond motifs is 1. The number of rotatable bonds is 20. The Hall–Kier alpha value is -2.33. The molecule has 1 aromatic rings. The number of carbonyl (C=O) groups is 1. The van der Waals surface area contributed by atoms with Crippen molar-refractivity contribution in [2.75, 3.05) is 33.0 Å². The van der Waals surface area contributed by atoms with Gasteiger partial charge < -0.3 is 33.5 Å². The van der Waals surface area contributed by atoms with E-state index >= 15 is 0 Å². The number of carboxylic acids is 1. The van der Waals surface area contributed by atoms with Gasteiger partial charge in [0.2, 0.25) is 0 Å². The number of benzene rings is 1. The van der Waals surface area contributed by atoms with E-state index in [1.807, 2.05) is 18.2 Å². The topological polar surface area (TPSA) is 92.7 Å². The van der Waals surface area contributed by atoms with E-state index in [1.165, 1.54) is 11.1 Å². The number of hydrogen-bond donors (Lipinski definition) is 1. The minimum Gasteiger partial charge on any atom is -0.480 e. The molecule has 2 aliphatic carbocycles. The van der Waals surface area contributed by atoms with Crippen molar-refractivity contribution in [2.24, 2.45) is 29.6 Å². The molecule has 50 heavy (non-hydrogen) atoms. The highest BCUT2D eigenvalue weighted by Gasteiger charge is 2.50. The van der Waals surface area contributed by atoms with E-state index in [-0.39, 0.29) is 37.3 Å². The van der Waals surface area contributed by atoms with Gasteiger partial charge in [0.1, 0.15) is 6.61 Å². The summed E-state index contributed by atoms with van der Waals surface area (Å²) >= 11 is 0. The molecule has 0 bridgehead atoms. The first kappa shape index (κ1) is 38.9. The lowest BCUT2D eigenvalue weighted by atomic mass is 9.76. The first-order valence-corrected chi connectivity index (χ1v) is 19.3. The van der Waals surface area contributed by atoms with Crippen molar-refractivity contribution in [3.8, 4) is 0 Å². The van der Waals surface area contributed by atoms with Crippen LogP contribution < -0.4 is 0 Å². The van der Waals surface area contributed by atoms with Crippen LogP contribution in [0.15, 0.2) is 65.8 Å². The maximum absolute atomic E-state index is 11.3. The van der Waals surface area contributed by atoms with E-state index in [0.717, 1.165) is 89.4 Å². The van der Waals surface area contributed by atoms with Crippen LogP contribution >= 0.6 is 0 Å². The van der Waals surface area contributed by atoms with E-state index in [2.05, 4.69) is 57.2 Å². The fourth-order valence-corrected chi connectivity index (χ4v) is 8.54. The van der Waals surface area contributed by atoms with E-state index < -0.39 is 5.97 Å². The quantitative estimate of drug-likeness (QED) is 0.136. The number of allylic oxidation sites excluding steroid dienone is 4. The third kappa shape index (κ3) is 12.1. The second-order valence-electron chi connectivity index (χ2n) is 15.0. The second-order valence-corrected chi connectivity index (χ2v) is 15.0. The number of hydrogen-bond acceptors (Lipinski definition) is 7. The fraction of sp³-hybridized carbons (Fsp3) is 0.690. The molecule has 8 nitrogen and oxygen atoms in total. The normalized spacial score (nSPS) is 28.6. The Bertz CT molecular complexity index is 1230. The van der Waals surface area contributed by atoms with Crippen LogP contribution in [0, 0.1) is 29.6 Å². The van der Waals surface area contributed by atoms with Crippen molar-refractivity contribution in [2.45, 2.75) is 123 Å². The zero-order valence-electron chi connectivity index (χ0n) is 30.7. The summed E-state index contributed by atoms with van der Waals surface area (Å²) in [6.07, 6.45) is 20.3. The molecule has 0 aromatic heterocycles. The maximum atomic E-state index is 11.3. The van der Waals surface area contributed by atoms with E-state index in [9.17, 15) is 9.90 Å². The lowest BCUT2D eigenvalue weighted by Crippen LogP contribution is -2.37. The number of carboxylic acid groups (broad SMARTS) is 1. The molecule has 9 unspecified atom stereocenters. The second kappa shape index (κ2) is 20.6. The smallest absolute Gasteiger partial charge is 0.329 e. The Morgan fingerprint density at radius 1 is 1.00 bits per heavy atom. The summed E-state index contributed by atoms with van der Waals surface area (Å²) in [5.74, 6) is 0.523. The van der Waals surface area contributed by atoms with Gasteiger partial charge in [-0.1, -0.05) is 65.8 Å². The van der Waals surface area contributed by atoms with Gasteiger partial charge in [-0.25, -0.2) is 4.79 Å². The van der Waals surface area contributed by atoms with Gasteiger partial charge in [0.25, 0.3) is 0 Å². The molecular formula is C42H62O8. The molecule has 0 amide bonds. The van der Waals surface area contributed by atoms with Crippen molar-refractivity contribution in [3.63, 3.8) is 0 Å². The molecule has 5 rings (SSSR count). The third-order valence-electron chi connectivity index (χ3n) is 10.9. The molecule has 4 aliphatic rings. The zero-order valence-corrected chi connectivity index (χ0v) is 30.7. The summed E-state index contributed by atoms with van der Waals surface area (Å²) in [5.41, 5.74) is 3.79. The lowest BCUT2D eigenvalue weighted by Gasteiger charge is -2.36. The van der Waals surface area contributed by atoms with Crippen LogP contribution in [0.5, 0.6) is 0 Å². The number of aliphatic carboxylic acids is 1. The van der Waals surface area contributed by atoms with Crippen LogP contribution in [0.25, 0.3) is 0 Å². The summed E-state index contributed by atoms with van der Waals surface area (Å²) in [6, 6.07) is 10.2. The Balaban J connectivity index is 1.39. The molecule has 1 aromatic carbocycles. The summed E-state index contributed by atoms with van der Waals surface area (Å²) < 4.78 is 37.7. The van der Waals surface area contributed by atoms with Gasteiger partial charge in [0.05, 0.1) is 32.0 Å². The molecule has 2 aliphatic heterocycles. The van der Waals surface area contributed by atoms with E-state index in [4.69, 9.17) is 28.4 Å². The van der Waals surface area contributed by atoms with Crippen molar-refractivity contribution in [3.05, 3.63) is 71.3 Å². The molecule has 1 saturated carbocycles. The third-order valence-corrected chi connectivity index (χ3v) is 10.9. The van der Waals surface area contributed by atoms with Crippen molar-refractivity contribution in [1.29, 1.82) is 0 Å². The highest BCUT2D eigenvalue weighted by molar-refractivity contribution is 5.68. The minimum atomic E-state index is -0.952. The van der Waals surface area contributed by atoms with Crippen molar-refractivity contribution < 1.29 is 38.3 Å². The SMILES string of the molecule is CC=CC(CC(CCC=C(C)C)C1C(OC2CCCCO2)CC2CC(C(COCC(=O)O)COCc3ccccc3)=CC21)OC1CCCCO1.